The highest BCUT2D eigenvalue weighted by Crippen LogP contribution is 2.31. The molecule has 1 fully saturated rings. The van der Waals surface area contributed by atoms with Crippen LogP contribution in [-0.4, -0.2) is 50.2 Å². The quantitative estimate of drug-likeness (QED) is 0.764. The number of hydrogen-bond donors (Lipinski definition) is 2. The monoisotopic (exact) mass is 426 g/mol. The lowest BCUT2D eigenvalue weighted by atomic mass is 9.94. The van der Waals surface area contributed by atoms with Crippen molar-refractivity contribution in [1.82, 2.24) is 14.9 Å². The molecule has 0 bridgehead atoms. The molecule has 31 heavy (non-hydrogen) atoms. The number of nitrogens with zero attached hydrogens (tertiary/aromatic N) is 5. The first-order valence-electron chi connectivity index (χ1n) is 10.1. The molecule has 1 aromatic carbocycles. The van der Waals surface area contributed by atoms with Crippen LogP contribution in [0.5, 0.6) is 0 Å². The summed E-state index contributed by atoms with van der Waals surface area (Å²) in [5, 5.41) is 18.7. The Labute approximate surface area is 181 Å². The van der Waals surface area contributed by atoms with Gasteiger partial charge in [-0.1, -0.05) is 6.07 Å². The van der Waals surface area contributed by atoms with Gasteiger partial charge in [0.15, 0.2) is 0 Å². The van der Waals surface area contributed by atoms with Crippen molar-refractivity contribution in [2.45, 2.75) is 58.2 Å². The first-order valence-corrected chi connectivity index (χ1v) is 10.1. The summed E-state index contributed by atoms with van der Waals surface area (Å²) in [6.07, 6.45) is 0.577. The summed E-state index contributed by atoms with van der Waals surface area (Å²) in [7, 11) is 0. The average Bonchev–Trinajstić information content (AvgIpc) is 2.67. The van der Waals surface area contributed by atoms with Crippen LogP contribution >= 0.6 is 0 Å². The Morgan fingerprint density at radius 1 is 1.32 bits per heavy atom. The fourth-order valence-electron chi connectivity index (χ4n) is 4.12. The van der Waals surface area contributed by atoms with Crippen molar-refractivity contribution < 1.29 is 14.3 Å². The Balaban J connectivity index is 1.97. The van der Waals surface area contributed by atoms with Crippen molar-refractivity contribution in [2.75, 3.05) is 17.2 Å². The van der Waals surface area contributed by atoms with Gasteiger partial charge in [-0.05, 0) is 52.7 Å². The minimum atomic E-state index is -0.956. The molecule has 1 aliphatic heterocycles. The van der Waals surface area contributed by atoms with Gasteiger partial charge in [-0.15, -0.1) is 0 Å². The number of carboxylic acid groups (broad SMARTS) is 1. The summed E-state index contributed by atoms with van der Waals surface area (Å²) in [6, 6.07) is 7.69. The lowest BCUT2D eigenvalue weighted by molar-refractivity contribution is 0.0621. The van der Waals surface area contributed by atoms with E-state index in [0.29, 0.717) is 23.6 Å². The van der Waals surface area contributed by atoms with Crippen molar-refractivity contribution in [3.8, 4) is 17.3 Å². The third-order valence-corrected chi connectivity index (χ3v) is 5.56. The predicted octanol–water partition coefficient (Wildman–Crippen LogP) is 3.87. The van der Waals surface area contributed by atoms with E-state index >= 15 is 0 Å². The van der Waals surface area contributed by atoms with E-state index in [4.69, 9.17) is 11.0 Å². The number of hydrogen-bond acceptors (Lipinski definition) is 6. The van der Waals surface area contributed by atoms with Gasteiger partial charge in [0.25, 0.3) is 0 Å². The zero-order valence-corrected chi connectivity index (χ0v) is 18.1. The van der Waals surface area contributed by atoms with Gasteiger partial charge >= 0.3 is 6.09 Å². The zero-order chi connectivity index (χ0) is 22.9. The fraction of sp³-hybridized carbons (Fsp3) is 0.455. The SMILES string of the molecule is C[C@H]1CC[C@@H](N(C(=O)O)C(C)(C)C)CN1c1cc(-c2ccc(C#N)c(F)c2)nc(N)n1. The standard InChI is InChI=1S/C22H27FN6O2/c1-13-5-8-16(29(21(30)31)22(2,3)4)12-28(13)19-10-18(26-20(25)27-19)14-6-7-15(11-24)17(23)9-14/h6-7,9-10,13,16H,5,8,12H2,1-4H3,(H,30,31)(H2,25,26,27)/t13-,16+/m0/s1. The van der Waals surface area contributed by atoms with Crippen molar-refractivity contribution in [3.05, 3.63) is 35.6 Å². The van der Waals surface area contributed by atoms with Crippen LogP contribution in [0.2, 0.25) is 0 Å². The van der Waals surface area contributed by atoms with Crippen molar-refractivity contribution in [1.29, 1.82) is 5.26 Å². The Bertz CT molecular complexity index is 1030. The molecule has 9 heteroatoms. The molecule has 0 aliphatic carbocycles. The highest BCUT2D eigenvalue weighted by Gasteiger charge is 2.38. The van der Waals surface area contributed by atoms with E-state index in [0.717, 1.165) is 12.8 Å². The lowest BCUT2D eigenvalue weighted by Crippen LogP contribution is -2.58. The maximum Gasteiger partial charge on any atom is 0.408 e. The molecule has 1 aliphatic rings. The summed E-state index contributed by atoms with van der Waals surface area (Å²) in [5.41, 5.74) is 6.28. The molecule has 2 atom stereocenters. The predicted molar refractivity (Wildman–Crippen MR) is 116 cm³/mol. The van der Waals surface area contributed by atoms with Crippen LogP contribution in [0.4, 0.5) is 21.0 Å². The molecule has 2 heterocycles. The Kier molecular flexibility index (Phi) is 6.02. The van der Waals surface area contributed by atoms with E-state index in [9.17, 15) is 14.3 Å². The van der Waals surface area contributed by atoms with E-state index in [2.05, 4.69) is 16.9 Å². The number of anilines is 2. The van der Waals surface area contributed by atoms with E-state index in [1.807, 2.05) is 25.7 Å². The molecule has 0 spiro atoms. The van der Waals surface area contributed by atoms with Gasteiger partial charge in [-0.25, -0.2) is 14.2 Å². The number of amides is 1. The Morgan fingerprint density at radius 3 is 2.61 bits per heavy atom. The van der Waals surface area contributed by atoms with E-state index in [-0.39, 0.29) is 23.6 Å². The molecular formula is C22H27FN6O2. The van der Waals surface area contributed by atoms with Crippen LogP contribution < -0.4 is 10.6 Å². The molecule has 1 aromatic heterocycles. The molecule has 0 radical (unpaired) electrons. The van der Waals surface area contributed by atoms with Crippen molar-refractivity contribution >= 4 is 17.9 Å². The van der Waals surface area contributed by atoms with Crippen LogP contribution in [0.1, 0.15) is 46.1 Å². The molecule has 1 saturated heterocycles. The van der Waals surface area contributed by atoms with Gasteiger partial charge in [0, 0.05) is 29.8 Å². The first-order chi connectivity index (χ1) is 14.5. The van der Waals surface area contributed by atoms with Gasteiger partial charge in [0.05, 0.1) is 17.3 Å². The average molecular weight is 426 g/mol. The smallest absolute Gasteiger partial charge is 0.408 e. The van der Waals surface area contributed by atoms with Crippen LogP contribution in [-0.2, 0) is 0 Å². The Morgan fingerprint density at radius 2 is 2.03 bits per heavy atom. The van der Waals surface area contributed by atoms with E-state index in [1.165, 1.54) is 17.0 Å². The molecule has 0 unspecified atom stereocenters. The molecule has 3 rings (SSSR count). The third-order valence-electron chi connectivity index (χ3n) is 5.56. The second kappa shape index (κ2) is 8.38. The summed E-state index contributed by atoms with van der Waals surface area (Å²) >= 11 is 0. The third kappa shape index (κ3) is 4.68. The highest BCUT2D eigenvalue weighted by atomic mass is 19.1. The minimum Gasteiger partial charge on any atom is -0.465 e. The largest absolute Gasteiger partial charge is 0.465 e. The van der Waals surface area contributed by atoms with Gasteiger partial charge in [0.2, 0.25) is 5.95 Å². The molecule has 8 nitrogen and oxygen atoms in total. The number of halogens is 1. The van der Waals surface area contributed by atoms with Gasteiger partial charge in [0.1, 0.15) is 17.7 Å². The maximum absolute atomic E-state index is 14.1. The molecule has 2 aromatic rings. The van der Waals surface area contributed by atoms with Crippen LogP contribution in [0.15, 0.2) is 24.3 Å². The van der Waals surface area contributed by atoms with Crippen LogP contribution in [0.3, 0.4) is 0 Å². The normalized spacial score (nSPS) is 19.0. The second-order valence-corrected chi connectivity index (χ2v) is 8.83. The molecule has 1 amide bonds. The number of nitriles is 1. The van der Waals surface area contributed by atoms with Gasteiger partial charge in [-0.2, -0.15) is 10.2 Å². The maximum atomic E-state index is 14.1. The number of benzene rings is 1. The topological polar surface area (TPSA) is 119 Å². The number of carbonyl (C=O) groups is 1. The summed E-state index contributed by atoms with van der Waals surface area (Å²) < 4.78 is 14.1. The van der Waals surface area contributed by atoms with Gasteiger partial charge in [-0.3, -0.25) is 4.90 Å². The van der Waals surface area contributed by atoms with E-state index in [1.54, 1.807) is 18.2 Å². The van der Waals surface area contributed by atoms with Crippen molar-refractivity contribution in [3.63, 3.8) is 0 Å². The number of nitrogens with two attached hydrogens (primary N) is 1. The number of nitrogen functional groups attached to an aromatic ring is 1. The van der Waals surface area contributed by atoms with Crippen LogP contribution in [0.25, 0.3) is 11.3 Å². The van der Waals surface area contributed by atoms with Crippen LogP contribution in [0, 0.1) is 17.1 Å². The summed E-state index contributed by atoms with van der Waals surface area (Å²) in [4.78, 5) is 24.1. The second-order valence-electron chi connectivity index (χ2n) is 8.83. The fourth-order valence-corrected chi connectivity index (χ4v) is 4.12. The number of aromatic nitrogens is 2. The summed E-state index contributed by atoms with van der Waals surface area (Å²) in [6.45, 7) is 8.15. The lowest BCUT2D eigenvalue weighted by Gasteiger charge is -2.46. The van der Waals surface area contributed by atoms with Crippen molar-refractivity contribution in [2.24, 2.45) is 0 Å². The summed E-state index contributed by atoms with van der Waals surface area (Å²) in [5.74, 6) is -0.0337. The van der Waals surface area contributed by atoms with E-state index < -0.39 is 17.4 Å². The molecule has 3 N–H and O–H groups in total. The zero-order valence-electron chi connectivity index (χ0n) is 18.1. The number of piperidine rings is 1. The molecule has 164 valence electrons. The first kappa shape index (κ1) is 22.3. The highest BCUT2D eigenvalue weighted by molar-refractivity contribution is 5.68. The minimum absolute atomic E-state index is 0.0394. The molecule has 0 saturated carbocycles. The molecular weight excluding hydrogens is 399 g/mol. The Hall–Kier alpha value is -3.41. The van der Waals surface area contributed by atoms with Gasteiger partial charge < -0.3 is 15.7 Å². The number of rotatable bonds is 3.